The van der Waals surface area contributed by atoms with Crippen LogP contribution in [0.3, 0.4) is 0 Å². The summed E-state index contributed by atoms with van der Waals surface area (Å²) in [4.78, 5) is 14.6. The molecule has 1 aromatic heterocycles. The Morgan fingerprint density at radius 2 is 2.08 bits per heavy atom. The third-order valence-corrected chi connectivity index (χ3v) is 4.58. The van der Waals surface area contributed by atoms with Crippen LogP contribution in [-0.4, -0.2) is 58.1 Å². The zero-order valence-electron chi connectivity index (χ0n) is 14.6. The lowest BCUT2D eigenvalue weighted by atomic mass is 10.1. The summed E-state index contributed by atoms with van der Waals surface area (Å²) in [5.41, 5.74) is 2.71. The molecule has 6 heteroatoms. The normalized spacial score (nSPS) is 15.5. The summed E-state index contributed by atoms with van der Waals surface area (Å²) in [6.07, 6.45) is 5.96. The Bertz CT molecular complexity index is 705. The summed E-state index contributed by atoms with van der Waals surface area (Å²) < 4.78 is 7.48. The van der Waals surface area contributed by atoms with Crippen LogP contribution in [0.2, 0.25) is 0 Å². The van der Waals surface area contributed by atoms with Crippen molar-refractivity contribution >= 4 is 5.91 Å². The van der Waals surface area contributed by atoms with Crippen LogP contribution in [0.4, 0.5) is 0 Å². The van der Waals surface area contributed by atoms with Crippen LogP contribution in [0.5, 0.6) is 0 Å². The van der Waals surface area contributed by atoms with Crippen molar-refractivity contribution in [2.24, 2.45) is 0 Å². The summed E-state index contributed by atoms with van der Waals surface area (Å²) in [5.74, 6) is 0.0219. The molecule has 0 spiro atoms. The number of nitrogens with zero attached hydrogens (tertiary/aromatic N) is 3. The number of para-hydroxylation sites is 1. The van der Waals surface area contributed by atoms with E-state index >= 15 is 0 Å². The molecule has 1 aromatic carbocycles. The smallest absolute Gasteiger partial charge is 0.257 e. The molecule has 1 N–H and O–H groups in total. The first-order valence-electron chi connectivity index (χ1n) is 8.81. The van der Waals surface area contributed by atoms with Crippen molar-refractivity contribution in [1.82, 2.24) is 14.7 Å². The van der Waals surface area contributed by atoms with Crippen molar-refractivity contribution in [1.29, 1.82) is 0 Å². The van der Waals surface area contributed by atoms with Crippen LogP contribution in [0.1, 0.15) is 35.2 Å². The molecule has 0 saturated carbocycles. The summed E-state index contributed by atoms with van der Waals surface area (Å²) in [6, 6.07) is 7.97. The number of rotatable bonds is 6. The number of likely N-dealkylation sites (tertiary alicyclic amines) is 1. The van der Waals surface area contributed by atoms with E-state index in [-0.39, 0.29) is 18.6 Å². The molecule has 1 fully saturated rings. The Kier molecular flexibility index (Phi) is 5.83. The highest BCUT2D eigenvalue weighted by molar-refractivity contribution is 5.93. The second-order valence-corrected chi connectivity index (χ2v) is 6.40. The fourth-order valence-corrected chi connectivity index (χ4v) is 3.11. The number of carbonyl (C=O) groups is 1. The molecule has 1 amide bonds. The number of amides is 1. The maximum atomic E-state index is 12.7. The number of aliphatic hydroxyl groups excluding tert-OH is 1. The van der Waals surface area contributed by atoms with Gasteiger partial charge in [-0.25, -0.2) is 4.68 Å². The van der Waals surface area contributed by atoms with Crippen LogP contribution in [0, 0.1) is 6.92 Å². The summed E-state index contributed by atoms with van der Waals surface area (Å²) in [7, 11) is 0. The van der Waals surface area contributed by atoms with E-state index in [0.717, 1.165) is 24.1 Å². The van der Waals surface area contributed by atoms with Crippen LogP contribution in [0.15, 0.2) is 36.7 Å². The number of aryl methyl sites for hydroxylation is 1. The third-order valence-electron chi connectivity index (χ3n) is 4.58. The molecular weight excluding hydrogens is 318 g/mol. The van der Waals surface area contributed by atoms with E-state index < -0.39 is 0 Å². The van der Waals surface area contributed by atoms with Crippen molar-refractivity contribution in [3.05, 3.63) is 47.8 Å². The van der Waals surface area contributed by atoms with E-state index in [4.69, 9.17) is 9.84 Å². The standard InChI is InChI=1S/C19H25N3O3/c1-15-5-2-3-6-18(15)22-14-16(13-20-22)19(24)21-9-7-17(8-10-21)25-12-4-11-23/h2-3,5-6,13-14,17,23H,4,7-12H2,1H3. The molecule has 134 valence electrons. The van der Waals surface area contributed by atoms with E-state index in [0.29, 0.717) is 31.7 Å². The SMILES string of the molecule is Cc1ccccc1-n1cc(C(=O)N2CCC(OCCCO)CC2)cn1. The monoisotopic (exact) mass is 343 g/mol. The minimum atomic E-state index is 0.0219. The lowest BCUT2D eigenvalue weighted by Gasteiger charge is -2.31. The van der Waals surface area contributed by atoms with Gasteiger partial charge >= 0.3 is 0 Å². The largest absolute Gasteiger partial charge is 0.396 e. The molecular formula is C19H25N3O3. The molecule has 1 aliphatic rings. The van der Waals surface area contributed by atoms with E-state index in [1.54, 1.807) is 17.1 Å². The number of hydrogen-bond acceptors (Lipinski definition) is 4. The highest BCUT2D eigenvalue weighted by atomic mass is 16.5. The first kappa shape index (κ1) is 17.6. The van der Waals surface area contributed by atoms with Crippen LogP contribution in [0.25, 0.3) is 5.69 Å². The zero-order chi connectivity index (χ0) is 17.6. The lowest BCUT2D eigenvalue weighted by molar-refractivity contribution is 0.00397. The molecule has 3 rings (SSSR count). The zero-order valence-corrected chi connectivity index (χ0v) is 14.6. The molecule has 1 saturated heterocycles. The lowest BCUT2D eigenvalue weighted by Crippen LogP contribution is -2.40. The van der Waals surface area contributed by atoms with Gasteiger partial charge in [0.05, 0.1) is 23.6 Å². The fourth-order valence-electron chi connectivity index (χ4n) is 3.11. The van der Waals surface area contributed by atoms with E-state index in [2.05, 4.69) is 5.10 Å². The van der Waals surface area contributed by atoms with Gasteiger partial charge in [0.1, 0.15) is 0 Å². The Hall–Kier alpha value is -2.18. The van der Waals surface area contributed by atoms with Crippen molar-refractivity contribution in [2.45, 2.75) is 32.3 Å². The summed E-state index contributed by atoms with van der Waals surface area (Å²) >= 11 is 0. The minimum absolute atomic E-state index is 0.0219. The predicted molar refractivity (Wildman–Crippen MR) is 94.9 cm³/mol. The van der Waals surface area contributed by atoms with Crippen molar-refractivity contribution in [2.75, 3.05) is 26.3 Å². The number of piperidine rings is 1. The minimum Gasteiger partial charge on any atom is -0.396 e. The van der Waals surface area contributed by atoms with Gasteiger partial charge in [-0.15, -0.1) is 0 Å². The number of carbonyl (C=O) groups excluding carboxylic acids is 1. The van der Waals surface area contributed by atoms with Gasteiger partial charge in [0.2, 0.25) is 0 Å². The Labute approximate surface area is 148 Å². The van der Waals surface area contributed by atoms with Gasteiger partial charge in [0.15, 0.2) is 0 Å². The van der Waals surface area contributed by atoms with E-state index in [9.17, 15) is 4.79 Å². The maximum Gasteiger partial charge on any atom is 0.257 e. The molecule has 2 heterocycles. The predicted octanol–water partition coefficient (Wildman–Crippen LogP) is 2.18. The first-order valence-corrected chi connectivity index (χ1v) is 8.81. The fraction of sp³-hybridized carbons (Fsp3) is 0.474. The average molecular weight is 343 g/mol. The molecule has 2 aromatic rings. The van der Waals surface area contributed by atoms with E-state index in [1.807, 2.05) is 36.1 Å². The molecule has 6 nitrogen and oxygen atoms in total. The topological polar surface area (TPSA) is 67.6 Å². The number of aliphatic hydroxyl groups is 1. The Morgan fingerprint density at radius 3 is 2.80 bits per heavy atom. The quantitative estimate of drug-likeness (QED) is 0.817. The van der Waals surface area contributed by atoms with Gasteiger partial charge < -0.3 is 14.7 Å². The number of hydrogen-bond donors (Lipinski definition) is 1. The summed E-state index contributed by atoms with van der Waals surface area (Å²) in [5, 5.41) is 13.1. The number of benzene rings is 1. The number of ether oxygens (including phenoxy) is 1. The molecule has 0 aliphatic carbocycles. The maximum absolute atomic E-state index is 12.7. The molecule has 0 radical (unpaired) electrons. The number of aromatic nitrogens is 2. The van der Waals surface area contributed by atoms with Gasteiger partial charge in [-0.3, -0.25) is 4.79 Å². The molecule has 0 unspecified atom stereocenters. The van der Waals surface area contributed by atoms with Gasteiger partial charge in [-0.05, 0) is 37.8 Å². The molecule has 1 aliphatic heterocycles. The molecule has 0 atom stereocenters. The van der Waals surface area contributed by atoms with E-state index in [1.165, 1.54) is 0 Å². The Morgan fingerprint density at radius 1 is 1.32 bits per heavy atom. The highest BCUT2D eigenvalue weighted by Gasteiger charge is 2.24. The Balaban J connectivity index is 1.59. The van der Waals surface area contributed by atoms with Crippen LogP contribution in [-0.2, 0) is 4.74 Å². The highest BCUT2D eigenvalue weighted by Crippen LogP contribution is 2.18. The van der Waals surface area contributed by atoms with Crippen molar-refractivity contribution in [3.8, 4) is 5.69 Å². The van der Waals surface area contributed by atoms with Crippen LogP contribution >= 0.6 is 0 Å². The van der Waals surface area contributed by atoms with Gasteiger partial charge in [0.25, 0.3) is 5.91 Å². The second-order valence-electron chi connectivity index (χ2n) is 6.40. The summed E-state index contributed by atoms with van der Waals surface area (Å²) in [6.45, 7) is 4.15. The van der Waals surface area contributed by atoms with Gasteiger partial charge in [0, 0.05) is 32.5 Å². The third kappa shape index (κ3) is 4.27. The second kappa shape index (κ2) is 8.27. The van der Waals surface area contributed by atoms with Crippen molar-refractivity contribution < 1.29 is 14.6 Å². The molecule has 25 heavy (non-hydrogen) atoms. The molecule has 0 bridgehead atoms. The van der Waals surface area contributed by atoms with Gasteiger partial charge in [-0.2, -0.15) is 5.10 Å². The van der Waals surface area contributed by atoms with Crippen LogP contribution < -0.4 is 0 Å². The average Bonchev–Trinajstić information content (AvgIpc) is 3.12. The first-order chi connectivity index (χ1) is 12.2. The van der Waals surface area contributed by atoms with Gasteiger partial charge in [-0.1, -0.05) is 18.2 Å². The van der Waals surface area contributed by atoms with Crippen molar-refractivity contribution in [3.63, 3.8) is 0 Å².